The van der Waals surface area contributed by atoms with Crippen molar-refractivity contribution in [2.75, 3.05) is 0 Å². The molecule has 33 heavy (non-hydrogen) atoms. The largest absolute Gasteiger partial charge is 0.457 e. The van der Waals surface area contributed by atoms with Crippen molar-refractivity contribution < 1.29 is 14.5 Å². The number of fused-ring (bicyclic) bond motifs is 1. The number of hydrogen-bond acceptors (Lipinski definition) is 5. The lowest BCUT2D eigenvalue weighted by molar-refractivity contribution is -0.384. The number of aromatic amines is 1. The average molecular weight is 446 g/mol. The van der Waals surface area contributed by atoms with E-state index < -0.39 is 16.2 Å². The number of nitrogens with two attached hydrogens (primary N) is 1. The number of carbonyl (C=O) groups is 1. The highest BCUT2D eigenvalue weighted by Gasteiger charge is 2.27. The maximum absolute atomic E-state index is 12.4. The first-order valence-electron chi connectivity index (χ1n) is 10.1. The van der Waals surface area contributed by atoms with Gasteiger partial charge in [0.25, 0.3) is 11.2 Å². The van der Waals surface area contributed by atoms with Crippen LogP contribution in [0.2, 0.25) is 0 Å². The summed E-state index contributed by atoms with van der Waals surface area (Å²) in [5, 5.41) is 12.1. The van der Waals surface area contributed by atoms with E-state index in [-0.39, 0.29) is 11.2 Å². The fraction of sp³-hybridized carbons (Fsp3) is 0.167. The Morgan fingerprint density at radius 2 is 1.82 bits per heavy atom. The van der Waals surface area contributed by atoms with Gasteiger partial charge in [0.1, 0.15) is 17.0 Å². The second-order valence-electron chi connectivity index (χ2n) is 8.28. The zero-order valence-electron chi connectivity index (χ0n) is 18.3. The van der Waals surface area contributed by atoms with E-state index in [0.29, 0.717) is 33.5 Å². The standard InChI is InChI=1S/C24H22N4O5/c1-24(2,23(25)30)14-4-7-16(8-5-14)33-20-9-6-15(28(31)32)12-18(20)19-13-27(3)22(29)21-17(19)10-11-26-21/h4-13,26H,1-3H3,(H2,25,30). The fourth-order valence-corrected chi connectivity index (χ4v) is 3.62. The van der Waals surface area contributed by atoms with Gasteiger partial charge >= 0.3 is 0 Å². The Kier molecular flexibility index (Phi) is 5.25. The van der Waals surface area contributed by atoms with Crippen LogP contribution < -0.4 is 16.0 Å². The number of nitrogens with zero attached hydrogens (tertiary/aromatic N) is 2. The van der Waals surface area contributed by atoms with Gasteiger partial charge in [0.2, 0.25) is 5.91 Å². The number of carbonyl (C=O) groups excluding carboxylic acids is 1. The van der Waals surface area contributed by atoms with Crippen LogP contribution in [0.1, 0.15) is 19.4 Å². The van der Waals surface area contributed by atoms with Gasteiger partial charge in [-0.3, -0.25) is 19.7 Å². The summed E-state index contributed by atoms with van der Waals surface area (Å²) >= 11 is 0. The molecule has 0 bridgehead atoms. The van der Waals surface area contributed by atoms with Crippen LogP contribution in [0, 0.1) is 10.1 Å². The van der Waals surface area contributed by atoms with Crippen molar-refractivity contribution in [1.82, 2.24) is 9.55 Å². The molecule has 2 heterocycles. The van der Waals surface area contributed by atoms with Crippen LogP contribution in [-0.4, -0.2) is 20.4 Å². The van der Waals surface area contributed by atoms with E-state index in [4.69, 9.17) is 10.5 Å². The molecule has 0 aliphatic carbocycles. The highest BCUT2D eigenvalue weighted by molar-refractivity contribution is 5.96. The summed E-state index contributed by atoms with van der Waals surface area (Å²) < 4.78 is 7.50. The van der Waals surface area contributed by atoms with Gasteiger partial charge in [-0.1, -0.05) is 12.1 Å². The molecule has 1 amide bonds. The summed E-state index contributed by atoms with van der Waals surface area (Å²) in [5.74, 6) is 0.409. The van der Waals surface area contributed by atoms with Crippen LogP contribution in [0.4, 0.5) is 5.69 Å². The number of primary amides is 1. The third-order valence-electron chi connectivity index (χ3n) is 5.78. The lowest BCUT2D eigenvalue weighted by Crippen LogP contribution is -2.35. The zero-order chi connectivity index (χ0) is 23.9. The van der Waals surface area contributed by atoms with Crippen LogP contribution in [0.3, 0.4) is 0 Å². The molecule has 0 saturated heterocycles. The molecule has 0 spiro atoms. The summed E-state index contributed by atoms with van der Waals surface area (Å²) in [6, 6.07) is 13.0. The van der Waals surface area contributed by atoms with Gasteiger partial charge in [-0.2, -0.15) is 0 Å². The molecule has 0 aliphatic heterocycles. The predicted octanol–water partition coefficient (Wildman–Crippen LogP) is 4.00. The average Bonchev–Trinajstić information content (AvgIpc) is 3.27. The van der Waals surface area contributed by atoms with Crippen LogP contribution in [-0.2, 0) is 17.3 Å². The molecule has 9 nitrogen and oxygen atoms in total. The van der Waals surface area contributed by atoms with Crippen molar-refractivity contribution in [3.8, 4) is 22.6 Å². The molecular formula is C24H22N4O5. The maximum Gasteiger partial charge on any atom is 0.274 e. The lowest BCUT2D eigenvalue weighted by Gasteiger charge is -2.21. The molecule has 0 saturated carbocycles. The smallest absolute Gasteiger partial charge is 0.274 e. The Balaban J connectivity index is 1.82. The van der Waals surface area contributed by atoms with E-state index in [9.17, 15) is 19.7 Å². The number of benzene rings is 2. The summed E-state index contributed by atoms with van der Waals surface area (Å²) in [6.45, 7) is 3.48. The van der Waals surface area contributed by atoms with Crippen LogP contribution in [0.15, 0.2) is 65.7 Å². The number of rotatable bonds is 6. The maximum atomic E-state index is 12.4. The van der Waals surface area contributed by atoms with Crippen LogP contribution in [0.25, 0.3) is 22.0 Å². The number of hydrogen-bond donors (Lipinski definition) is 2. The molecule has 2 aromatic heterocycles. The van der Waals surface area contributed by atoms with E-state index in [0.717, 1.165) is 5.56 Å². The molecule has 0 atom stereocenters. The van der Waals surface area contributed by atoms with Gasteiger partial charge in [-0.15, -0.1) is 0 Å². The fourth-order valence-electron chi connectivity index (χ4n) is 3.62. The van der Waals surface area contributed by atoms with Crippen molar-refractivity contribution in [1.29, 1.82) is 0 Å². The Morgan fingerprint density at radius 3 is 2.45 bits per heavy atom. The first-order chi connectivity index (χ1) is 15.6. The molecule has 4 aromatic rings. The summed E-state index contributed by atoms with van der Waals surface area (Å²) in [6.07, 6.45) is 3.27. The van der Waals surface area contributed by atoms with Gasteiger partial charge in [0.15, 0.2) is 0 Å². The molecule has 2 aromatic carbocycles. The van der Waals surface area contributed by atoms with Crippen molar-refractivity contribution in [3.05, 3.63) is 87.0 Å². The number of pyridine rings is 1. The van der Waals surface area contributed by atoms with Crippen molar-refractivity contribution >= 4 is 22.5 Å². The number of nitro benzene ring substituents is 1. The Hall–Kier alpha value is -4.40. The second kappa shape index (κ2) is 7.94. The summed E-state index contributed by atoms with van der Waals surface area (Å²) in [5.41, 5.74) is 6.54. The quantitative estimate of drug-likeness (QED) is 0.341. The minimum absolute atomic E-state index is 0.103. The van der Waals surface area contributed by atoms with E-state index in [1.54, 1.807) is 63.6 Å². The molecular weight excluding hydrogens is 424 g/mol. The first-order valence-corrected chi connectivity index (χ1v) is 10.1. The Bertz CT molecular complexity index is 1450. The molecule has 3 N–H and O–H groups in total. The summed E-state index contributed by atoms with van der Waals surface area (Å²) in [4.78, 5) is 38.1. The third-order valence-corrected chi connectivity index (χ3v) is 5.78. The number of aromatic nitrogens is 2. The van der Waals surface area contributed by atoms with Gasteiger partial charge in [0, 0.05) is 48.1 Å². The van der Waals surface area contributed by atoms with E-state index >= 15 is 0 Å². The second-order valence-corrected chi connectivity index (χ2v) is 8.28. The number of nitro groups is 1. The van der Waals surface area contributed by atoms with Crippen LogP contribution >= 0.6 is 0 Å². The van der Waals surface area contributed by atoms with Gasteiger partial charge < -0.3 is 20.0 Å². The first kappa shape index (κ1) is 21.8. The molecule has 0 unspecified atom stereocenters. The van der Waals surface area contributed by atoms with Gasteiger partial charge in [0.05, 0.1) is 10.3 Å². The number of non-ortho nitro benzene ring substituents is 1. The molecule has 0 radical (unpaired) electrons. The highest BCUT2D eigenvalue weighted by Crippen LogP contribution is 2.39. The monoisotopic (exact) mass is 446 g/mol. The Labute approximate surface area is 188 Å². The normalized spacial score (nSPS) is 11.5. The Morgan fingerprint density at radius 1 is 1.12 bits per heavy atom. The van der Waals surface area contributed by atoms with E-state index in [1.807, 2.05) is 0 Å². The number of ether oxygens (including phenoxy) is 1. The number of amides is 1. The molecule has 168 valence electrons. The van der Waals surface area contributed by atoms with Crippen molar-refractivity contribution in [2.24, 2.45) is 12.8 Å². The van der Waals surface area contributed by atoms with E-state index in [1.165, 1.54) is 22.8 Å². The summed E-state index contributed by atoms with van der Waals surface area (Å²) in [7, 11) is 1.61. The number of nitrogens with one attached hydrogen (secondary N) is 1. The minimum atomic E-state index is -0.842. The highest BCUT2D eigenvalue weighted by atomic mass is 16.6. The third kappa shape index (κ3) is 3.84. The lowest BCUT2D eigenvalue weighted by atomic mass is 9.84. The SMILES string of the molecule is Cn1cc(-c2cc([N+](=O)[O-])ccc2Oc2ccc(C(C)(C)C(N)=O)cc2)c2cc[nH]c2c1=O. The van der Waals surface area contributed by atoms with Crippen LogP contribution in [0.5, 0.6) is 11.5 Å². The van der Waals surface area contributed by atoms with Gasteiger partial charge in [-0.25, -0.2) is 0 Å². The van der Waals surface area contributed by atoms with Gasteiger partial charge in [-0.05, 0) is 43.7 Å². The van der Waals surface area contributed by atoms with Crippen molar-refractivity contribution in [3.63, 3.8) is 0 Å². The van der Waals surface area contributed by atoms with Crippen molar-refractivity contribution in [2.45, 2.75) is 19.3 Å². The zero-order valence-corrected chi connectivity index (χ0v) is 18.3. The molecule has 4 rings (SSSR count). The predicted molar refractivity (Wildman–Crippen MR) is 124 cm³/mol. The topological polar surface area (TPSA) is 133 Å². The van der Waals surface area contributed by atoms with E-state index in [2.05, 4.69) is 4.98 Å². The minimum Gasteiger partial charge on any atom is -0.457 e. The number of H-pyrrole nitrogens is 1. The molecule has 9 heteroatoms. The number of aryl methyl sites for hydroxylation is 1. The molecule has 0 fully saturated rings. The molecule has 0 aliphatic rings.